The van der Waals surface area contributed by atoms with E-state index in [0.29, 0.717) is 13.0 Å². The fourth-order valence-electron chi connectivity index (χ4n) is 1.46. The number of rotatable bonds is 6. The fraction of sp³-hybridized carbons (Fsp3) is 0.500. The largest absolute Gasteiger partial charge is 0.393 e. The van der Waals surface area contributed by atoms with E-state index in [1.54, 1.807) is 19.2 Å². The van der Waals surface area contributed by atoms with E-state index < -0.39 is 0 Å². The van der Waals surface area contributed by atoms with E-state index >= 15 is 0 Å². The number of carbonyl (C=O) groups is 1. The lowest BCUT2D eigenvalue weighted by molar-refractivity contribution is -0.121. The monoisotopic (exact) mass is 316 g/mol. The molecule has 0 aliphatic rings. The molecule has 0 fully saturated rings. The summed E-state index contributed by atoms with van der Waals surface area (Å²) in [6.45, 7) is 2.22. The van der Waals surface area contributed by atoms with Crippen LogP contribution < -0.4 is 10.9 Å². The summed E-state index contributed by atoms with van der Waals surface area (Å²) in [4.78, 5) is 23.0. The number of aromatic nitrogens is 1. The molecule has 1 rings (SSSR count). The second-order valence-corrected chi connectivity index (χ2v) is 5.07. The summed E-state index contributed by atoms with van der Waals surface area (Å²) >= 11 is 3.25. The molecule has 6 heteroatoms. The van der Waals surface area contributed by atoms with Crippen molar-refractivity contribution in [2.75, 3.05) is 6.54 Å². The van der Waals surface area contributed by atoms with Gasteiger partial charge in [0.25, 0.3) is 5.56 Å². The van der Waals surface area contributed by atoms with E-state index in [4.69, 9.17) is 5.11 Å². The van der Waals surface area contributed by atoms with Crippen LogP contribution >= 0.6 is 15.9 Å². The lowest BCUT2D eigenvalue weighted by Crippen LogP contribution is -2.32. The molecule has 100 valence electrons. The van der Waals surface area contributed by atoms with Gasteiger partial charge in [0.1, 0.15) is 6.54 Å². The number of hydrogen-bond acceptors (Lipinski definition) is 3. The van der Waals surface area contributed by atoms with Gasteiger partial charge in [0, 0.05) is 23.3 Å². The van der Waals surface area contributed by atoms with Crippen molar-refractivity contribution in [2.24, 2.45) is 0 Å². The maximum atomic E-state index is 11.6. The first-order chi connectivity index (χ1) is 8.49. The van der Waals surface area contributed by atoms with Gasteiger partial charge < -0.3 is 15.0 Å². The van der Waals surface area contributed by atoms with Gasteiger partial charge in [-0.3, -0.25) is 9.59 Å². The molecule has 0 radical (unpaired) electrons. The van der Waals surface area contributed by atoms with Crippen LogP contribution in [0.3, 0.4) is 0 Å². The molecular weight excluding hydrogens is 300 g/mol. The molecular formula is C12H17BrN2O3. The summed E-state index contributed by atoms with van der Waals surface area (Å²) in [6, 6.07) is 3.05. The highest BCUT2D eigenvalue weighted by atomic mass is 79.9. The summed E-state index contributed by atoms with van der Waals surface area (Å²) in [7, 11) is 0. The number of nitrogens with one attached hydrogen (secondary N) is 1. The van der Waals surface area contributed by atoms with Crippen molar-refractivity contribution in [3.8, 4) is 0 Å². The Balaban J connectivity index is 2.40. The lowest BCUT2D eigenvalue weighted by Gasteiger charge is -2.08. The summed E-state index contributed by atoms with van der Waals surface area (Å²) in [5.41, 5.74) is -0.211. The highest BCUT2D eigenvalue weighted by molar-refractivity contribution is 9.10. The topological polar surface area (TPSA) is 71.3 Å². The zero-order valence-corrected chi connectivity index (χ0v) is 11.8. The van der Waals surface area contributed by atoms with E-state index in [9.17, 15) is 9.59 Å². The van der Waals surface area contributed by atoms with Crippen LogP contribution in [0.1, 0.15) is 19.8 Å². The van der Waals surface area contributed by atoms with Crippen LogP contribution in [0.5, 0.6) is 0 Å². The highest BCUT2D eigenvalue weighted by Gasteiger charge is 2.04. The van der Waals surface area contributed by atoms with Gasteiger partial charge >= 0.3 is 0 Å². The molecule has 0 aliphatic carbocycles. The Hall–Kier alpha value is -1.14. The predicted molar refractivity (Wildman–Crippen MR) is 72.3 cm³/mol. The van der Waals surface area contributed by atoms with Gasteiger partial charge in [0.15, 0.2) is 0 Å². The van der Waals surface area contributed by atoms with Crippen molar-refractivity contribution in [1.29, 1.82) is 0 Å². The van der Waals surface area contributed by atoms with Gasteiger partial charge in [0.2, 0.25) is 5.91 Å². The van der Waals surface area contributed by atoms with Crippen molar-refractivity contribution >= 4 is 21.8 Å². The Labute approximate surface area is 114 Å². The van der Waals surface area contributed by atoms with Gasteiger partial charge in [-0.2, -0.15) is 0 Å². The van der Waals surface area contributed by atoms with Gasteiger partial charge in [-0.05, 0) is 41.8 Å². The average Bonchev–Trinajstić information content (AvgIpc) is 2.29. The second-order valence-electron chi connectivity index (χ2n) is 4.15. The standard InChI is InChI=1S/C12H17BrN2O3/c1-9(16)3-2-6-14-11(17)8-15-7-10(13)4-5-12(15)18/h4-5,7,9,16H,2-3,6,8H2,1H3,(H,14,17). The smallest absolute Gasteiger partial charge is 0.251 e. The quantitative estimate of drug-likeness (QED) is 0.766. The van der Waals surface area contributed by atoms with Crippen molar-refractivity contribution in [3.63, 3.8) is 0 Å². The van der Waals surface area contributed by atoms with Crippen molar-refractivity contribution in [1.82, 2.24) is 9.88 Å². The van der Waals surface area contributed by atoms with Crippen molar-refractivity contribution in [3.05, 3.63) is 33.2 Å². The van der Waals surface area contributed by atoms with E-state index in [2.05, 4.69) is 21.2 Å². The molecule has 0 spiro atoms. The molecule has 1 aromatic rings. The lowest BCUT2D eigenvalue weighted by atomic mass is 10.2. The zero-order valence-electron chi connectivity index (χ0n) is 10.2. The molecule has 1 aromatic heterocycles. The minimum Gasteiger partial charge on any atom is -0.393 e. The molecule has 1 unspecified atom stereocenters. The molecule has 2 N–H and O–H groups in total. The normalized spacial score (nSPS) is 12.2. The van der Waals surface area contributed by atoms with Crippen LogP contribution in [-0.4, -0.2) is 28.2 Å². The molecule has 5 nitrogen and oxygen atoms in total. The number of nitrogens with zero attached hydrogens (tertiary/aromatic N) is 1. The third kappa shape index (κ3) is 5.46. The average molecular weight is 317 g/mol. The Morgan fingerprint density at radius 3 is 2.94 bits per heavy atom. The third-order valence-corrected chi connectivity index (χ3v) is 2.85. The number of halogens is 1. The maximum Gasteiger partial charge on any atom is 0.251 e. The number of aliphatic hydroxyl groups is 1. The molecule has 1 amide bonds. The van der Waals surface area contributed by atoms with E-state index in [-0.39, 0.29) is 24.1 Å². The molecule has 0 aliphatic heterocycles. The first kappa shape index (κ1) is 14.9. The Kier molecular flexibility index (Phi) is 6.07. The van der Waals surface area contributed by atoms with Crippen LogP contribution in [0.15, 0.2) is 27.6 Å². The minimum atomic E-state index is -0.352. The maximum absolute atomic E-state index is 11.6. The summed E-state index contributed by atoms with van der Waals surface area (Å²) < 4.78 is 2.10. The first-order valence-corrected chi connectivity index (χ1v) is 6.59. The minimum absolute atomic E-state index is 0.00690. The summed E-state index contributed by atoms with van der Waals surface area (Å²) in [5.74, 6) is -0.208. The first-order valence-electron chi connectivity index (χ1n) is 5.80. The Morgan fingerprint density at radius 1 is 1.56 bits per heavy atom. The number of pyridine rings is 1. The Morgan fingerprint density at radius 2 is 2.28 bits per heavy atom. The molecule has 1 atom stereocenters. The predicted octanol–water partition coefficient (Wildman–Crippen LogP) is 0.888. The molecule has 0 saturated carbocycles. The van der Waals surface area contributed by atoms with Gasteiger partial charge in [0.05, 0.1) is 6.10 Å². The number of amides is 1. The second kappa shape index (κ2) is 7.33. The SMILES string of the molecule is CC(O)CCCNC(=O)Cn1cc(Br)ccc1=O. The van der Waals surface area contributed by atoms with Gasteiger partial charge in [-0.25, -0.2) is 0 Å². The summed E-state index contributed by atoms with van der Waals surface area (Å²) in [5, 5.41) is 11.8. The van der Waals surface area contributed by atoms with Crippen LogP contribution in [0.4, 0.5) is 0 Å². The molecule has 0 saturated heterocycles. The molecule has 1 heterocycles. The molecule has 0 bridgehead atoms. The zero-order chi connectivity index (χ0) is 13.5. The molecule has 0 aromatic carbocycles. The Bertz CT molecular complexity index is 457. The number of carbonyl (C=O) groups excluding carboxylic acids is 1. The van der Waals surface area contributed by atoms with Crippen molar-refractivity contribution in [2.45, 2.75) is 32.4 Å². The van der Waals surface area contributed by atoms with Crippen molar-refractivity contribution < 1.29 is 9.90 Å². The van der Waals surface area contributed by atoms with E-state index in [0.717, 1.165) is 10.9 Å². The highest BCUT2D eigenvalue weighted by Crippen LogP contribution is 2.04. The van der Waals surface area contributed by atoms with Crippen LogP contribution in [0.25, 0.3) is 0 Å². The van der Waals surface area contributed by atoms with Gasteiger partial charge in [-0.15, -0.1) is 0 Å². The van der Waals surface area contributed by atoms with Crippen LogP contribution in [0, 0.1) is 0 Å². The number of aliphatic hydroxyl groups excluding tert-OH is 1. The van der Waals surface area contributed by atoms with Crippen LogP contribution in [0.2, 0.25) is 0 Å². The number of hydrogen-bond donors (Lipinski definition) is 2. The molecule has 18 heavy (non-hydrogen) atoms. The fourth-order valence-corrected chi connectivity index (χ4v) is 1.84. The van der Waals surface area contributed by atoms with E-state index in [1.807, 2.05) is 0 Å². The van der Waals surface area contributed by atoms with Gasteiger partial charge in [-0.1, -0.05) is 0 Å². The van der Waals surface area contributed by atoms with E-state index in [1.165, 1.54) is 10.6 Å². The summed E-state index contributed by atoms with van der Waals surface area (Å²) in [6.07, 6.45) is 2.60. The van der Waals surface area contributed by atoms with Crippen LogP contribution in [-0.2, 0) is 11.3 Å². The third-order valence-electron chi connectivity index (χ3n) is 2.38.